The van der Waals surface area contributed by atoms with Crippen LogP contribution in [0.1, 0.15) is 201 Å². The zero-order valence-corrected chi connectivity index (χ0v) is 38.9. The normalized spacial score (nSPS) is 13.2. The quantitative estimate of drug-likeness (QED) is 0.0348. The smallest absolute Gasteiger partial charge is 0.306 e. The molecule has 0 heterocycles. The molecule has 0 fully saturated rings. The van der Waals surface area contributed by atoms with Crippen molar-refractivity contribution in [2.75, 3.05) is 19.8 Å². The van der Waals surface area contributed by atoms with E-state index in [9.17, 15) is 9.59 Å². The molecule has 0 spiro atoms. The van der Waals surface area contributed by atoms with Gasteiger partial charge in [0.2, 0.25) is 0 Å². The summed E-state index contributed by atoms with van der Waals surface area (Å²) in [4.78, 5) is 25.3. The Kier molecular flexibility index (Phi) is 47.1. The lowest BCUT2D eigenvalue weighted by Gasteiger charge is -2.18. The average molecular weight is 831 g/mol. The lowest BCUT2D eigenvalue weighted by atomic mass is 10.1. The van der Waals surface area contributed by atoms with Gasteiger partial charge in [0.25, 0.3) is 0 Å². The van der Waals surface area contributed by atoms with E-state index in [0.29, 0.717) is 19.4 Å². The summed E-state index contributed by atoms with van der Waals surface area (Å²) in [5.41, 5.74) is 0. The molecule has 1 atom stereocenters. The summed E-state index contributed by atoms with van der Waals surface area (Å²) in [5.74, 6) is -0.463. The molecule has 340 valence electrons. The van der Waals surface area contributed by atoms with Crippen molar-refractivity contribution in [1.82, 2.24) is 0 Å². The Morgan fingerprint density at radius 2 is 0.750 bits per heavy atom. The first-order valence-electron chi connectivity index (χ1n) is 24.4. The molecule has 0 aliphatic rings. The molecular formula is C55H90O5. The molecule has 60 heavy (non-hydrogen) atoms. The van der Waals surface area contributed by atoms with Gasteiger partial charge in [0.1, 0.15) is 6.61 Å². The van der Waals surface area contributed by atoms with Crippen molar-refractivity contribution >= 4 is 11.9 Å². The maximum absolute atomic E-state index is 12.7. The van der Waals surface area contributed by atoms with E-state index in [2.05, 4.69) is 130 Å². The van der Waals surface area contributed by atoms with Gasteiger partial charge in [-0.2, -0.15) is 0 Å². The summed E-state index contributed by atoms with van der Waals surface area (Å²) in [5, 5.41) is 0. The predicted molar refractivity (Wildman–Crippen MR) is 260 cm³/mol. The standard InChI is InChI=1S/C55H90O5/c1-4-7-10-13-16-19-22-24-26-27-28-29-30-31-34-36-39-42-45-48-54(56)59-52-53(60-55(57)49-46-43-40-37-33-21-18-15-12-9-6-3)51-58-50-47-44-41-38-35-32-25-23-20-17-14-11-8-5-2/h7-8,10-11,15-20,24-26,28-29,32,38,41,53H,4-6,9,12-14,21-23,27,30-31,33-37,39-40,42-52H2,1-3H3/b10-7-,11-8-,18-15-,19-16-,20-17-,26-24-,29-28-,32-25-,41-38-. The van der Waals surface area contributed by atoms with Crippen molar-refractivity contribution in [2.45, 2.75) is 207 Å². The van der Waals surface area contributed by atoms with Crippen molar-refractivity contribution in [3.05, 3.63) is 109 Å². The topological polar surface area (TPSA) is 61.8 Å². The van der Waals surface area contributed by atoms with Gasteiger partial charge >= 0.3 is 11.9 Å². The highest BCUT2D eigenvalue weighted by Gasteiger charge is 2.17. The second kappa shape index (κ2) is 49.9. The number of carbonyl (C=O) groups is 2. The molecule has 0 aromatic rings. The third-order valence-electron chi connectivity index (χ3n) is 9.77. The molecule has 0 aliphatic heterocycles. The van der Waals surface area contributed by atoms with Crippen molar-refractivity contribution in [3.8, 4) is 0 Å². The molecule has 0 N–H and O–H groups in total. The van der Waals surface area contributed by atoms with Crippen LogP contribution in [-0.4, -0.2) is 37.9 Å². The second-order valence-electron chi connectivity index (χ2n) is 15.6. The van der Waals surface area contributed by atoms with Crippen LogP contribution in [0.15, 0.2) is 109 Å². The Labute approximate surface area is 370 Å². The SMILES string of the molecule is CC/C=C\C/C=C\C/C=C\C/C=C\CCCCCCCCC(=O)OCC(COCCC/C=C\C/C=C\C/C=C\C/C=C\CC)OC(=O)CCCCCCC/C=C\CCCC. The number of rotatable bonds is 43. The summed E-state index contributed by atoms with van der Waals surface area (Å²) in [6, 6.07) is 0. The molecule has 0 saturated carbocycles. The van der Waals surface area contributed by atoms with Crippen LogP contribution in [0.3, 0.4) is 0 Å². The minimum Gasteiger partial charge on any atom is -0.462 e. The lowest BCUT2D eigenvalue weighted by molar-refractivity contribution is -0.163. The maximum Gasteiger partial charge on any atom is 0.306 e. The van der Waals surface area contributed by atoms with Gasteiger partial charge in [-0.15, -0.1) is 0 Å². The summed E-state index contributed by atoms with van der Waals surface area (Å²) >= 11 is 0. The second-order valence-corrected chi connectivity index (χ2v) is 15.6. The number of carbonyl (C=O) groups excluding carboxylic acids is 2. The van der Waals surface area contributed by atoms with E-state index in [0.717, 1.165) is 116 Å². The van der Waals surface area contributed by atoms with E-state index in [1.807, 2.05) is 0 Å². The first-order chi connectivity index (χ1) is 29.6. The minimum absolute atomic E-state index is 0.0461. The van der Waals surface area contributed by atoms with E-state index in [4.69, 9.17) is 14.2 Å². The first kappa shape index (κ1) is 56.6. The third kappa shape index (κ3) is 47.2. The molecule has 0 saturated heterocycles. The fraction of sp³-hybridized carbons (Fsp3) is 0.636. The van der Waals surface area contributed by atoms with E-state index >= 15 is 0 Å². The zero-order chi connectivity index (χ0) is 43.5. The van der Waals surface area contributed by atoms with Crippen LogP contribution in [-0.2, 0) is 23.8 Å². The summed E-state index contributed by atoms with van der Waals surface area (Å²) in [7, 11) is 0. The number of hydrogen-bond donors (Lipinski definition) is 0. The largest absolute Gasteiger partial charge is 0.462 e. The van der Waals surface area contributed by atoms with Crippen molar-refractivity contribution in [3.63, 3.8) is 0 Å². The number of unbranched alkanes of at least 4 members (excludes halogenated alkanes) is 14. The van der Waals surface area contributed by atoms with E-state index in [1.165, 1.54) is 51.4 Å². The number of esters is 2. The van der Waals surface area contributed by atoms with Gasteiger partial charge in [0, 0.05) is 19.4 Å². The van der Waals surface area contributed by atoms with Gasteiger partial charge < -0.3 is 14.2 Å². The molecule has 0 aromatic carbocycles. The molecule has 0 rings (SSSR count). The first-order valence-corrected chi connectivity index (χ1v) is 24.4. The highest BCUT2D eigenvalue weighted by atomic mass is 16.6. The van der Waals surface area contributed by atoms with E-state index in [1.54, 1.807) is 0 Å². The van der Waals surface area contributed by atoms with Crippen molar-refractivity contribution in [2.24, 2.45) is 0 Å². The Morgan fingerprint density at radius 3 is 1.22 bits per heavy atom. The highest BCUT2D eigenvalue weighted by Crippen LogP contribution is 2.12. The summed E-state index contributed by atoms with van der Waals surface area (Å²) in [6.45, 7) is 7.39. The molecule has 0 aliphatic carbocycles. The maximum atomic E-state index is 12.7. The molecule has 0 aromatic heterocycles. The highest BCUT2D eigenvalue weighted by molar-refractivity contribution is 5.70. The Morgan fingerprint density at radius 1 is 0.383 bits per heavy atom. The third-order valence-corrected chi connectivity index (χ3v) is 9.77. The Bertz CT molecular complexity index is 1210. The Hall–Kier alpha value is -3.44. The molecule has 0 bridgehead atoms. The fourth-order valence-electron chi connectivity index (χ4n) is 6.19. The summed E-state index contributed by atoms with van der Waals surface area (Å²) < 4.78 is 17.3. The number of ether oxygens (including phenoxy) is 3. The fourth-order valence-corrected chi connectivity index (χ4v) is 6.19. The van der Waals surface area contributed by atoms with Crippen LogP contribution in [0.4, 0.5) is 0 Å². The van der Waals surface area contributed by atoms with Crippen molar-refractivity contribution in [1.29, 1.82) is 0 Å². The average Bonchev–Trinajstić information content (AvgIpc) is 3.25. The van der Waals surface area contributed by atoms with Crippen molar-refractivity contribution < 1.29 is 23.8 Å². The van der Waals surface area contributed by atoms with Gasteiger partial charge in [0.05, 0.1) is 6.61 Å². The molecular weight excluding hydrogens is 741 g/mol. The van der Waals surface area contributed by atoms with E-state index < -0.39 is 6.10 Å². The van der Waals surface area contributed by atoms with Crippen LogP contribution in [0.2, 0.25) is 0 Å². The molecule has 0 radical (unpaired) electrons. The summed E-state index contributed by atoms with van der Waals surface area (Å²) in [6.07, 6.45) is 68.2. The number of hydrogen-bond acceptors (Lipinski definition) is 5. The minimum atomic E-state index is -0.580. The molecule has 1 unspecified atom stereocenters. The van der Waals surface area contributed by atoms with Crippen LogP contribution in [0, 0.1) is 0 Å². The Balaban J connectivity index is 4.36. The van der Waals surface area contributed by atoms with Crippen LogP contribution in [0.5, 0.6) is 0 Å². The van der Waals surface area contributed by atoms with Gasteiger partial charge in [-0.25, -0.2) is 0 Å². The number of allylic oxidation sites excluding steroid dienone is 18. The van der Waals surface area contributed by atoms with E-state index in [-0.39, 0.29) is 25.2 Å². The van der Waals surface area contributed by atoms with Gasteiger partial charge in [0.15, 0.2) is 6.10 Å². The molecule has 5 heteroatoms. The van der Waals surface area contributed by atoms with Gasteiger partial charge in [-0.05, 0) is 109 Å². The zero-order valence-electron chi connectivity index (χ0n) is 38.9. The van der Waals surface area contributed by atoms with Gasteiger partial charge in [-0.1, -0.05) is 188 Å². The van der Waals surface area contributed by atoms with Crippen LogP contribution < -0.4 is 0 Å². The monoisotopic (exact) mass is 831 g/mol. The molecule has 5 nitrogen and oxygen atoms in total. The predicted octanol–water partition coefficient (Wildman–Crippen LogP) is 16.4. The van der Waals surface area contributed by atoms with Crippen LogP contribution >= 0.6 is 0 Å². The lowest BCUT2D eigenvalue weighted by Crippen LogP contribution is -2.30. The molecule has 0 amide bonds. The van der Waals surface area contributed by atoms with Crippen LogP contribution in [0.25, 0.3) is 0 Å². The van der Waals surface area contributed by atoms with Gasteiger partial charge in [-0.3, -0.25) is 9.59 Å².